The van der Waals surface area contributed by atoms with Crippen molar-refractivity contribution < 1.29 is 31.1 Å². The van der Waals surface area contributed by atoms with Crippen molar-refractivity contribution in [3.63, 3.8) is 0 Å². The summed E-state index contributed by atoms with van der Waals surface area (Å²) < 4.78 is 0.566. The first-order valence-corrected chi connectivity index (χ1v) is 14.3. The summed E-state index contributed by atoms with van der Waals surface area (Å²) in [6, 6.07) is 14.1. The van der Waals surface area contributed by atoms with Gasteiger partial charge in [0, 0.05) is 0 Å². The summed E-state index contributed by atoms with van der Waals surface area (Å²) in [5.41, 5.74) is 3.68. The van der Waals surface area contributed by atoms with E-state index >= 15 is 0 Å². The third-order valence-corrected chi connectivity index (χ3v) is 13.1. The summed E-state index contributed by atoms with van der Waals surface area (Å²) in [7, 11) is 1.64. The molecule has 0 spiro atoms. The van der Waals surface area contributed by atoms with Gasteiger partial charge in [0.1, 0.15) is 0 Å². The van der Waals surface area contributed by atoms with Crippen molar-refractivity contribution >= 4 is 17.5 Å². The van der Waals surface area contributed by atoms with Gasteiger partial charge in [-0.15, -0.1) is 0 Å². The zero-order valence-corrected chi connectivity index (χ0v) is 21.9. The first-order valence-electron chi connectivity index (χ1n) is 11.7. The Balaban J connectivity index is 1.40. The number of alkyl halides is 1. The SMILES string of the molecule is CNC(=O)c1ccc([I-][C@]2(O)CCC3C4CCc5c(ccc(C#N)c5Cl)C4CC[C@@]32C)cc1. The number of fused-ring (bicyclic) bond motifs is 5. The van der Waals surface area contributed by atoms with Gasteiger partial charge in [-0.1, -0.05) is 0 Å². The van der Waals surface area contributed by atoms with Gasteiger partial charge in [-0.2, -0.15) is 0 Å². The van der Waals surface area contributed by atoms with Gasteiger partial charge < -0.3 is 0 Å². The molecule has 3 unspecified atom stereocenters. The van der Waals surface area contributed by atoms with Crippen LogP contribution in [0.15, 0.2) is 36.4 Å². The van der Waals surface area contributed by atoms with Crippen LogP contribution in [0.25, 0.3) is 0 Å². The van der Waals surface area contributed by atoms with Crippen LogP contribution in [0.3, 0.4) is 0 Å². The number of benzene rings is 2. The van der Waals surface area contributed by atoms with E-state index in [4.69, 9.17) is 11.6 Å². The quantitative estimate of drug-likeness (QED) is 0.435. The predicted molar refractivity (Wildman–Crippen MR) is 124 cm³/mol. The van der Waals surface area contributed by atoms with Crippen LogP contribution >= 0.6 is 11.6 Å². The molecule has 0 aromatic heterocycles. The van der Waals surface area contributed by atoms with Gasteiger partial charge >= 0.3 is 212 Å². The molecule has 0 bridgehead atoms. The number of halogens is 2. The fourth-order valence-electron chi connectivity index (χ4n) is 6.82. The van der Waals surface area contributed by atoms with Crippen LogP contribution in [0.5, 0.6) is 0 Å². The van der Waals surface area contributed by atoms with E-state index in [0.717, 1.165) is 38.5 Å². The molecule has 0 saturated heterocycles. The molecule has 2 aromatic carbocycles. The monoisotopic (exact) mass is 575 g/mol. The van der Waals surface area contributed by atoms with Gasteiger partial charge in [-0.25, -0.2) is 0 Å². The molecule has 2 N–H and O–H groups in total. The van der Waals surface area contributed by atoms with Gasteiger partial charge in [0.2, 0.25) is 0 Å². The Bertz CT molecular complexity index is 1140. The minimum absolute atomic E-state index is 0.0746. The minimum atomic E-state index is -0.626. The number of carbonyl (C=O) groups is 1. The van der Waals surface area contributed by atoms with E-state index in [1.807, 2.05) is 30.3 Å². The van der Waals surface area contributed by atoms with E-state index in [2.05, 4.69) is 24.4 Å². The molecule has 4 nitrogen and oxygen atoms in total. The van der Waals surface area contributed by atoms with Crippen molar-refractivity contribution in [1.82, 2.24) is 5.32 Å². The third kappa shape index (κ3) is 3.61. The fraction of sp³-hybridized carbons (Fsp3) is 0.481. The molecule has 2 aromatic rings. The number of carbonyl (C=O) groups excluding carboxylic acids is 1. The van der Waals surface area contributed by atoms with Crippen molar-refractivity contribution in [2.45, 2.75) is 55.0 Å². The molecule has 1 amide bonds. The van der Waals surface area contributed by atoms with Crippen LogP contribution in [0.2, 0.25) is 5.02 Å². The number of hydrogen-bond donors (Lipinski definition) is 2. The number of nitriles is 1. The van der Waals surface area contributed by atoms with Crippen molar-refractivity contribution in [3.05, 3.63) is 67.2 Å². The van der Waals surface area contributed by atoms with E-state index in [1.165, 1.54) is 14.7 Å². The second kappa shape index (κ2) is 8.55. The topological polar surface area (TPSA) is 73.1 Å². The Morgan fingerprint density at radius 3 is 2.64 bits per heavy atom. The van der Waals surface area contributed by atoms with Crippen LogP contribution in [-0.2, 0) is 6.42 Å². The molecule has 33 heavy (non-hydrogen) atoms. The van der Waals surface area contributed by atoms with Crippen LogP contribution in [0.4, 0.5) is 0 Å². The fourth-order valence-corrected chi connectivity index (χ4v) is 10.7. The molecular formula is C27H29ClIN2O2-. The molecule has 3 aliphatic carbocycles. The average molecular weight is 576 g/mol. The van der Waals surface area contributed by atoms with Crippen molar-refractivity contribution in [2.24, 2.45) is 17.3 Å². The van der Waals surface area contributed by atoms with Crippen LogP contribution in [0.1, 0.15) is 72.0 Å². The zero-order valence-electron chi connectivity index (χ0n) is 19.0. The molecule has 3 aliphatic rings. The second-order valence-corrected chi connectivity index (χ2v) is 13.9. The van der Waals surface area contributed by atoms with Crippen molar-refractivity contribution in [3.8, 4) is 6.07 Å². The molecule has 0 aliphatic heterocycles. The molecule has 0 radical (unpaired) electrons. The summed E-state index contributed by atoms with van der Waals surface area (Å²) in [4.78, 5) is 11.9. The van der Waals surface area contributed by atoms with E-state index in [9.17, 15) is 15.2 Å². The summed E-state index contributed by atoms with van der Waals surface area (Å²) in [5.74, 6) is 1.47. The van der Waals surface area contributed by atoms with Crippen LogP contribution in [-0.4, -0.2) is 21.7 Å². The first-order chi connectivity index (χ1) is 15.8. The van der Waals surface area contributed by atoms with Gasteiger partial charge in [-0.05, 0) is 0 Å². The summed E-state index contributed by atoms with van der Waals surface area (Å²) in [6.07, 6.45) is 6.02. The normalized spacial score (nSPS) is 32.4. The van der Waals surface area contributed by atoms with E-state index in [1.54, 1.807) is 7.05 Å². The molecular weight excluding hydrogens is 547 g/mol. The number of nitrogens with zero attached hydrogens (tertiary/aromatic N) is 1. The average Bonchev–Trinajstić information content (AvgIpc) is 3.09. The Kier molecular flexibility index (Phi) is 5.99. The predicted octanol–water partition coefficient (Wildman–Crippen LogP) is 2.07. The van der Waals surface area contributed by atoms with E-state index in [0.29, 0.717) is 33.9 Å². The Morgan fingerprint density at radius 1 is 1.18 bits per heavy atom. The number of amides is 1. The summed E-state index contributed by atoms with van der Waals surface area (Å²) in [6.45, 7) is 2.33. The maximum atomic E-state index is 12.0. The number of nitrogens with one attached hydrogen (secondary N) is 1. The van der Waals surface area contributed by atoms with Gasteiger partial charge in [-0.3, -0.25) is 0 Å². The van der Waals surface area contributed by atoms with Crippen LogP contribution < -0.4 is 26.5 Å². The number of hydrogen-bond acceptors (Lipinski definition) is 3. The Morgan fingerprint density at radius 2 is 1.94 bits per heavy atom. The number of rotatable bonds is 3. The standard InChI is InChI=1S/C27H29ClIN2O2/c1-26-13-11-20-19-8-5-17(15-30)24(28)22(19)10-9-21(20)23(26)12-14-27(26,33)29-18-6-3-16(4-7-18)25(32)31-2/h3-8,20-21,23,33H,9-14H2,1-2H3,(H,31,32)/q-1/t20?,21?,23?,26-,27-/m0/s1. The molecule has 5 atom stereocenters. The van der Waals surface area contributed by atoms with Gasteiger partial charge in [0.25, 0.3) is 0 Å². The van der Waals surface area contributed by atoms with Crippen molar-refractivity contribution in [2.75, 3.05) is 7.05 Å². The Hall–Kier alpha value is -1.62. The Labute approximate surface area is 211 Å². The summed E-state index contributed by atoms with van der Waals surface area (Å²) in [5, 5.41) is 24.7. The molecule has 174 valence electrons. The van der Waals surface area contributed by atoms with E-state index in [-0.39, 0.29) is 11.3 Å². The first kappa shape index (κ1) is 23.1. The van der Waals surface area contributed by atoms with Gasteiger partial charge in [0.15, 0.2) is 0 Å². The van der Waals surface area contributed by atoms with Gasteiger partial charge in [0.05, 0.1) is 0 Å². The molecule has 6 heteroatoms. The van der Waals surface area contributed by atoms with Crippen LogP contribution in [0, 0.1) is 32.2 Å². The molecule has 0 heterocycles. The second-order valence-electron chi connectivity index (χ2n) is 9.96. The zero-order chi connectivity index (χ0) is 23.4. The summed E-state index contributed by atoms with van der Waals surface area (Å²) >= 11 is 5.97. The number of aliphatic hydroxyl groups is 1. The molecule has 2 saturated carbocycles. The third-order valence-electron chi connectivity index (χ3n) is 8.61. The molecule has 2 fully saturated rings. The van der Waals surface area contributed by atoms with Crippen molar-refractivity contribution in [1.29, 1.82) is 5.26 Å². The molecule has 5 rings (SSSR count). The maximum absolute atomic E-state index is 12.0. The van der Waals surface area contributed by atoms with E-state index < -0.39 is 24.8 Å².